The minimum atomic E-state index is -0.455. The Morgan fingerprint density at radius 3 is 2.36 bits per heavy atom. The van der Waals surface area contributed by atoms with Gasteiger partial charge in [-0.3, -0.25) is 23.7 Å². The topological polar surface area (TPSA) is 129 Å². The number of hydrogen-bond donors (Lipinski definition) is 2. The van der Waals surface area contributed by atoms with Crippen LogP contribution in [-0.4, -0.2) is 70.1 Å². The summed E-state index contributed by atoms with van der Waals surface area (Å²) >= 11 is 0. The van der Waals surface area contributed by atoms with Gasteiger partial charge in [0.1, 0.15) is 6.04 Å². The fraction of sp³-hybridized carbons (Fsp3) is 0.634. The maximum Gasteiger partial charge on any atom is 0.328 e. The molecule has 0 radical (unpaired) electrons. The van der Waals surface area contributed by atoms with Crippen molar-refractivity contribution in [2.45, 2.75) is 127 Å². The number of ether oxygens (including phenoxy) is 2. The molecule has 3 unspecified atom stereocenters. The first-order valence-electron chi connectivity index (χ1n) is 18.8. The molecule has 4 atom stereocenters. The molecule has 1 saturated heterocycles. The molecule has 0 spiro atoms. The number of fused-ring (bicyclic) bond motifs is 3. The Hall–Kier alpha value is -2.98. The molecule has 3 fully saturated rings. The first-order valence-corrected chi connectivity index (χ1v) is 18.8. The van der Waals surface area contributed by atoms with E-state index in [-0.39, 0.29) is 72.9 Å². The molecule has 12 heteroatoms. The second kappa shape index (κ2) is 21.8. The summed E-state index contributed by atoms with van der Waals surface area (Å²) in [5.74, 6) is 2.03. The van der Waals surface area contributed by atoms with Crippen LogP contribution in [0.25, 0.3) is 0 Å². The molecule has 2 aliphatic carbocycles. The minimum Gasteiger partial charge on any atom is -0.480 e. The van der Waals surface area contributed by atoms with Crippen molar-refractivity contribution in [3.63, 3.8) is 0 Å². The maximum atomic E-state index is 13.2. The predicted octanol–water partition coefficient (Wildman–Crippen LogP) is 6.33. The van der Waals surface area contributed by atoms with Crippen molar-refractivity contribution in [3.05, 3.63) is 74.5 Å². The zero-order valence-electron chi connectivity index (χ0n) is 32.9. The number of hydrogen-bond acceptors (Lipinski definition) is 7. The molecule has 0 bridgehead atoms. The van der Waals surface area contributed by atoms with Crippen molar-refractivity contribution in [1.82, 2.24) is 24.8 Å². The molecule has 302 valence electrons. The van der Waals surface area contributed by atoms with Gasteiger partial charge < -0.3 is 48.8 Å². The number of nitrogens with zero attached hydrogens (tertiary/aromatic N) is 4. The summed E-state index contributed by atoms with van der Waals surface area (Å²) in [4.78, 5) is 46.1. The molecule has 0 aromatic carbocycles. The molecular formula is C41H64N6NiO5-4. The van der Waals surface area contributed by atoms with Crippen LogP contribution in [0.2, 0.25) is 0 Å². The molecule has 2 saturated carbocycles. The molecule has 2 aromatic heterocycles. The van der Waals surface area contributed by atoms with E-state index < -0.39 is 6.04 Å². The van der Waals surface area contributed by atoms with E-state index in [4.69, 9.17) is 14.5 Å². The third-order valence-electron chi connectivity index (χ3n) is 10.7. The summed E-state index contributed by atoms with van der Waals surface area (Å²) in [7, 11) is 1.87. The summed E-state index contributed by atoms with van der Waals surface area (Å²) < 4.78 is 15.0. The third kappa shape index (κ3) is 12.0. The Kier molecular flexibility index (Phi) is 19.0. The van der Waals surface area contributed by atoms with Crippen molar-refractivity contribution in [3.8, 4) is 5.88 Å². The number of nitrogens with one attached hydrogen (secondary N) is 2. The second-order valence-electron chi connectivity index (χ2n) is 15.0. The van der Waals surface area contributed by atoms with Gasteiger partial charge in [-0.15, -0.1) is 6.42 Å². The van der Waals surface area contributed by atoms with E-state index in [2.05, 4.69) is 40.1 Å². The minimum absolute atomic E-state index is 0. The van der Waals surface area contributed by atoms with Crippen LogP contribution in [0.3, 0.4) is 0 Å². The molecule has 53 heavy (non-hydrogen) atoms. The Bertz CT molecular complexity index is 1510. The van der Waals surface area contributed by atoms with Crippen molar-refractivity contribution >= 4 is 18.0 Å². The van der Waals surface area contributed by atoms with Crippen LogP contribution in [0.15, 0.2) is 28.1 Å². The average Bonchev–Trinajstić information content (AvgIpc) is 3.37. The predicted molar refractivity (Wildman–Crippen MR) is 208 cm³/mol. The number of carbonyl (C=O) groups excluding carboxylic acids is 2. The van der Waals surface area contributed by atoms with Gasteiger partial charge >= 0.3 is 5.69 Å². The van der Waals surface area contributed by atoms with E-state index in [1.165, 1.54) is 11.3 Å². The third-order valence-corrected chi connectivity index (χ3v) is 10.7. The van der Waals surface area contributed by atoms with Gasteiger partial charge in [-0.2, -0.15) is 5.92 Å². The molecule has 6 rings (SSSR count). The van der Waals surface area contributed by atoms with Gasteiger partial charge in [-0.1, -0.05) is 32.8 Å². The molecular weight excluding hydrogens is 715 g/mol. The Morgan fingerprint density at radius 2 is 1.74 bits per heavy atom. The molecule has 2 amide bonds. The van der Waals surface area contributed by atoms with Gasteiger partial charge in [0.25, 0.3) is 0 Å². The number of aromatic nitrogens is 3. The van der Waals surface area contributed by atoms with Gasteiger partial charge in [-0.25, -0.2) is 9.78 Å². The van der Waals surface area contributed by atoms with Crippen LogP contribution in [0.1, 0.15) is 126 Å². The Balaban J connectivity index is 0.000000387. The number of imidazole rings is 1. The van der Waals surface area contributed by atoms with Gasteiger partial charge in [0.15, 0.2) is 0 Å². The Labute approximate surface area is 328 Å². The molecule has 4 aliphatic rings. The summed E-state index contributed by atoms with van der Waals surface area (Å²) in [6.45, 7) is 15.6. The van der Waals surface area contributed by atoms with Gasteiger partial charge in [-0.05, 0) is 69.3 Å². The molecule has 2 aliphatic heterocycles. The number of amides is 2. The molecule has 2 N–H and O–H groups in total. The second-order valence-corrected chi connectivity index (χ2v) is 15.0. The SMILES string of the molecule is [CH2-]C1CCC(NC(=O)[C@H](C)NC(=O)CC(C)C)CC1.[CH2-]CCOc1ccc(C2CCC3N=Cc4c(n(C5CCOCC5)c(=O)n4C)C3C2)cn1.[CH3-].[CH3-].[Ni]. The van der Waals surface area contributed by atoms with Crippen LogP contribution in [-0.2, 0) is 37.9 Å². The van der Waals surface area contributed by atoms with Gasteiger partial charge in [0.05, 0.1) is 24.0 Å². The zero-order chi connectivity index (χ0) is 35.8. The fourth-order valence-electron chi connectivity index (χ4n) is 7.84. The van der Waals surface area contributed by atoms with Gasteiger partial charge in [0.2, 0.25) is 17.7 Å². The van der Waals surface area contributed by atoms with E-state index in [0.717, 1.165) is 83.1 Å². The molecule has 11 nitrogen and oxygen atoms in total. The van der Waals surface area contributed by atoms with Crippen molar-refractivity contribution < 1.29 is 35.6 Å². The summed E-state index contributed by atoms with van der Waals surface area (Å²) in [5, 5.41) is 5.76. The summed E-state index contributed by atoms with van der Waals surface area (Å²) in [6, 6.07) is 4.36. The van der Waals surface area contributed by atoms with Crippen LogP contribution in [0.5, 0.6) is 5.88 Å². The van der Waals surface area contributed by atoms with Crippen LogP contribution < -0.4 is 21.1 Å². The van der Waals surface area contributed by atoms with Crippen LogP contribution in [0.4, 0.5) is 0 Å². The van der Waals surface area contributed by atoms with Crippen molar-refractivity contribution in [2.24, 2.45) is 23.9 Å². The van der Waals surface area contributed by atoms with Crippen LogP contribution in [0, 0.1) is 40.5 Å². The first kappa shape index (κ1) is 46.2. The smallest absolute Gasteiger partial charge is 0.328 e. The van der Waals surface area contributed by atoms with Crippen molar-refractivity contribution in [1.29, 1.82) is 0 Å². The van der Waals surface area contributed by atoms with Crippen LogP contribution >= 0.6 is 0 Å². The van der Waals surface area contributed by atoms with Gasteiger partial charge in [0, 0.05) is 79.7 Å². The number of aliphatic imine (C=N–C) groups is 1. The van der Waals surface area contributed by atoms with E-state index >= 15 is 0 Å². The average molecular weight is 780 g/mol. The monoisotopic (exact) mass is 778 g/mol. The molecule has 2 aromatic rings. The standard InChI is InChI=1S/C24H31N4O3.C15H27N2O2.2CH3.Ni/c1-3-10-31-22-7-5-17(14-26-22)16-4-6-20-19(13-16)23-21(15-25-20)27(2)24(29)28(23)18-8-11-30-12-9-18;1-10(2)9-14(18)16-12(4)15(19)17-13-7-5-11(3)6-8-13;;;/h5,7,14-16,18-20H,1,3-4,6,8-13H2,2H3;10-13H,3,5-9H2,1-2,4H3,(H,16,18)(H,17,19);2*1H3;/q4*-1;/t;11?,12-,13?;;;/m.0.../s1. The first-order chi connectivity index (χ1) is 24.0. The van der Waals surface area contributed by atoms with E-state index in [0.29, 0.717) is 36.7 Å². The van der Waals surface area contributed by atoms with E-state index in [1.54, 1.807) is 11.5 Å². The zero-order valence-corrected chi connectivity index (χ0v) is 33.9. The largest absolute Gasteiger partial charge is 0.480 e. The summed E-state index contributed by atoms with van der Waals surface area (Å²) in [6.07, 6.45) is 14.1. The van der Waals surface area contributed by atoms with Crippen molar-refractivity contribution in [2.75, 3.05) is 19.8 Å². The normalized spacial score (nSPS) is 24.0. The number of carbonyl (C=O) groups is 2. The van der Waals surface area contributed by atoms with E-state index in [9.17, 15) is 14.4 Å². The fourth-order valence-corrected chi connectivity index (χ4v) is 7.84. The quantitative estimate of drug-likeness (QED) is 0.214. The van der Waals surface area contributed by atoms with E-state index in [1.807, 2.05) is 39.4 Å². The maximum absolute atomic E-state index is 13.2. The number of rotatable bonds is 10. The number of pyridine rings is 1. The molecule has 4 heterocycles. The summed E-state index contributed by atoms with van der Waals surface area (Å²) in [5.41, 5.74) is 3.49. The Morgan fingerprint density at radius 1 is 1.04 bits per heavy atom.